The largest absolute Gasteiger partial charge is 0.492 e. The average molecular weight is 450 g/mol. The normalized spacial score (nSPS) is 21.8. The van der Waals surface area contributed by atoms with Crippen molar-refractivity contribution in [1.82, 2.24) is 14.8 Å². The molecule has 4 heterocycles. The van der Waals surface area contributed by atoms with Crippen LogP contribution in [-0.4, -0.2) is 47.7 Å². The van der Waals surface area contributed by atoms with Crippen LogP contribution in [0.25, 0.3) is 10.9 Å². The van der Waals surface area contributed by atoms with Crippen molar-refractivity contribution < 1.29 is 9.53 Å². The molecule has 0 aliphatic carbocycles. The van der Waals surface area contributed by atoms with Crippen LogP contribution in [0.2, 0.25) is 5.02 Å². The first kappa shape index (κ1) is 20.1. The highest BCUT2D eigenvalue weighted by Gasteiger charge is 2.43. The molecule has 5 nitrogen and oxygen atoms in total. The fourth-order valence-corrected chi connectivity index (χ4v) is 5.95. The zero-order valence-corrected chi connectivity index (χ0v) is 18.9. The third kappa shape index (κ3) is 3.30. The number of rotatable bonds is 3. The van der Waals surface area contributed by atoms with Crippen LogP contribution < -0.4 is 10.1 Å². The Morgan fingerprint density at radius 1 is 1.19 bits per heavy atom. The van der Waals surface area contributed by atoms with Gasteiger partial charge in [-0.2, -0.15) is 0 Å². The number of nitrogens with one attached hydrogen (secondary N) is 1. The summed E-state index contributed by atoms with van der Waals surface area (Å²) < 4.78 is 8.19. The summed E-state index contributed by atoms with van der Waals surface area (Å²) >= 11 is 6.32. The lowest BCUT2D eigenvalue weighted by Gasteiger charge is -2.38. The van der Waals surface area contributed by atoms with Gasteiger partial charge in [-0.25, -0.2) is 0 Å². The second-order valence-electron chi connectivity index (χ2n) is 9.51. The van der Waals surface area contributed by atoms with Gasteiger partial charge in [0.25, 0.3) is 5.91 Å². The van der Waals surface area contributed by atoms with E-state index in [2.05, 4.69) is 28.1 Å². The smallest absolute Gasteiger partial charge is 0.256 e. The summed E-state index contributed by atoms with van der Waals surface area (Å²) in [6.45, 7) is 4.16. The Balaban J connectivity index is 1.26. The lowest BCUT2D eigenvalue weighted by Crippen LogP contribution is -2.46. The summed E-state index contributed by atoms with van der Waals surface area (Å²) in [6, 6.07) is 14.7. The van der Waals surface area contributed by atoms with E-state index in [4.69, 9.17) is 16.3 Å². The van der Waals surface area contributed by atoms with Crippen LogP contribution in [0.4, 0.5) is 0 Å². The lowest BCUT2D eigenvalue weighted by molar-refractivity contribution is 0.0648. The molecule has 32 heavy (non-hydrogen) atoms. The molecule has 2 saturated heterocycles. The molecular formula is C26H28ClN3O2. The van der Waals surface area contributed by atoms with Gasteiger partial charge in [0.1, 0.15) is 5.75 Å². The summed E-state index contributed by atoms with van der Waals surface area (Å²) in [5.74, 6) is 1.13. The highest BCUT2D eigenvalue weighted by molar-refractivity contribution is 6.31. The Labute approximate surface area is 193 Å². The molecule has 1 atom stereocenters. The SMILES string of the molecule is O=C(c1cn(C[C@@H]2CCCN2)c2cc(Cl)ccc12)N1CCC2(CC1)COc1ccccc12. The Bertz CT molecular complexity index is 1170. The first-order valence-corrected chi connectivity index (χ1v) is 12.0. The third-order valence-corrected chi connectivity index (χ3v) is 7.86. The molecule has 6 heteroatoms. The number of fused-ring (bicyclic) bond motifs is 3. The maximum atomic E-state index is 13.6. The lowest BCUT2D eigenvalue weighted by atomic mass is 9.74. The average Bonchev–Trinajstić information content (AvgIpc) is 3.54. The van der Waals surface area contributed by atoms with Crippen molar-refractivity contribution in [3.8, 4) is 5.75 Å². The quantitative estimate of drug-likeness (QED) is 0.635. The van der Waals surface area contributed by atoms with E-state index in [1.165, 1.54) is 18.4 Å². The number of likely N-dealkylation sites (tertiary alicyclic amines) is 1. The molecular weight excluding hydrogens is 422 g/mol. The van der Waals surface area contributed by atoms with Gasteiger partial charge in [0.15, 0.2) is 0 Å². The minimum atomic E-state index is 0.0447. The molecule has 0 bridgehead atoms. The van der Waals surface area contributed by atoms with Crippen molar-refractivity contribution in [2.45, 2.75) is 43.7 Å². The van der Waals surface area contributed by atoms with Gasteiger partial charge in [-0.05, 0) is 50.4 Å². The van der Waals surface area contributed by atoms with E-state index in [9.17, 15) is 4.79 Å². The summed E-state index contributed by atoms with van der Waals surface area (Å²) in [5.41, 5.74) is 3.18. The van der Waals surface area contributed by atoms with Gasteiger partial charge in [-0.15, -0.1) is 0 Å². The Hall–Kier alpha value is -2.50. The van der Waals surface area contributed by atoms with Gasteiger partial charge >= 0.3 is 0 Å². The monoisotopic (exact) mass is 449 g/mol. The van der Waals surface area contributed by atoms with Gasteiger partial charge in [0, 0.05) is 53.3 Å². The molecule has 1 aromatic heterocycles. The number of benzene rings is 2. The van der Waals surface area contributed by atoms with E-state index in [1.807, 2.05) is 35.4 Å². The molecule has 6 rings (SSSR count). The van der Waals surface area contributed by atoms with Gasteiger partial charge < -0.3 is 19.5 Å². The number of aromatic nitrogens is 1. The number of carbonyl (C=O) groups is 1. The fourth-order valence-electron chi connectivity index (χ4n) is 5.78. The second-order valence-corrected chi connectivity index (χ2v) is 9.94. The molecule has 0 saturated carbocycles. The number of ether oxygens (including phenoxy) is 1. The van der Waals surface area contributed by atoms with E-state index in [-0.39, 0.29) is 11.3 Å². The van der Waals surface area contributed by atoms with E-state index < -0.39 is 0 Å². The highest BCUT2D eigenvalue weighted by atomic mass is 35.5. The topological polar surface area (TPSA) is 46.5 Å². The van der Waals surface area contributed by atoms with E-state index in [0.717, 1.165) is 67.8 Å². The number of amides is 1. The molecule has 0 unspecified atom stereocenters. The number of hydrogen-bond donors (Lipinski definition) is 1. The summed E-state index contributed by atoms with van der Waals surface area (Å²) in [5, 5.41) is 5.26. The molecule has 1 N–H and O–H groups in total. The predicted molar refractivity (Wildman–Crippen MR) is 127 cm³/mol. The standard InChI is InChI=1S/C26H28ClN3O2/c27-18-7-8-20-21(16-30(23(20)14-18)15-19-4-3-11-28-19)25(31)29-12-9-26(10-13-29)17-32-24-6-2-1-5-22(24)26/h1-2,5-8,14,16,19,28H,3-4,9-13,15,17H2/t19-/m0/s1. The van der Waals surface area contributed by atoms with E-state index in [1.54, 1.807) is 0 Å². The Morgan fingerprint density at radius 2 is 2.03 bits per heavy atom. The molecule has 166 valence electrons. The molecule has 1 spiro atoms. The third-order valence-electron chi connectivity index (χ3n) is 7.62. The van der Waals surface area contributed by atoms with Crippen molar-refractivity contribution in [2.24, 2.45) is 0 Å². The predicted octanol–water partition coefficient (Wildman–Crippen LogP) is 4.61. The Kier molecular flexibility index (Phi) is 4.92. The molecule has 1 amide bonds. The number of carbonyl (C=O) groups excluding carboxylic acids is 1. The van der Waals surface area contributed by atoms with Crippen LogP contribution in [0.5, 0.6) is 5.75 Å². The Morgan fingerprint density at radius 3 is 2.84 bits per heavy atom. The van der Waals surface area contributed by atoms with Crippen LogP contribution in [0.1, 0.15) is 41.6 Å². The summed E-state index contributed by atoms with van der Waals surface area (Å²) in [4.78, 5) is 15.7. The number of piperidine rings is 1. The number of halogens is 1. The minimum Gasteiger partial charge on any atom is -0.492 e. The molecule has 2 aromatic carbocycles. The molecule has 2 fully saturated rings. The van der Waals surface area contributed by atoms with Crippen molar-refractivity contribution >= 4 is 28.4 Å². The van der Waals surface area contributed by atoms with Crippen molar-refractivity contribution in [2.75, 3.05) is 26.2 Å². The zero-order valence-electron chi connectivity index (χ0n) is 18.1. The van der Waals surface area contributed by atoms with Gasteiger partial charge in [0.2, 0.25) is 0 Å². The first-order valence-electron chi connectivity index (χ1n) is 11.7. The first-order chi connectivity index (χ1) is 15.6. The highest BCUT2D eigenvalue weighted by Crippen LogP contribution is 2.45. The number of para-hydroxylation sites is 1. The molecule has 3 aliphatic heterocycles. The summed E-state index contributed by atoms with van der Waals surface area (Å²) in [6.07, 6.45) is 6.29. The van der Waals surface area contributed by atoms with Crippen molar-refractivity contribution in [1.29, 1.82) is 0 Å². The van der Waals surface area contributed by atoms with Crippen LogP contribution in [0, 0.1) is 0 Å². The second kappa shape index (κ2) is 7.82. The van der Waals surface area contributed by atoms with Crippen LogP contribution in [0.3, 0.4) is 0 Å². The van der Waals surface area contributed by atoms with Gasteiger partial charge in [-0.1, -0.05) is 35.9 Å². The molecule has 3 aliphatic rings. The van der Waals surface area contributed by atoms with Gasteiger partial charge in [-0.3, -0.25) is 4.79 Å². The number of nitrogens with zero attached hydrogens (tertiary/aromatic N) is 2. The maximum Gasteiger partial charge on any atom is 0.256 e. The maximum absolute atomic E-state index is 13.6. The van der Waals surface area contributed by atoms with Crippen LogP contribution in [0.15, 0.2) is 48.7 Å². The minimum absolute atomic E-state index is 0.0447. The van der Waals surface area contributed by atoms with Crippen molar-refractivity contribution in [3.05, 3.63) is 64.8 Å². The fraction of sp³-hybridized carbons (Fsp3) is 0.423. The van der Waals surface area contributed by atoms with Crippen LogP contribution >= 0.6 is 11.6 Å². The van der Waals surface area contributed by atoms with E-state index in [0.29, 0.717) is 11.1 Å². The van der Waals surface area contributed by atoms with Crippen LogP contribution in [-0.2, 0) is 12.0 Å². The van der Waals surface area contributed by atoms with E-state index >= 15 is 0 Å². The number of hydrogen-bond acceptors (Lipinski definition) is 3. The molecule has 0 radical (unpaired) electrons. The molecule has 3 aromatic rings. The summed E-state index contributed by atoms with van der Waals surface area (Å²) in [7, 11) is 0. The zero-order chi connectivity index (χ0) is 21.7. The van der Waals surface area contributed by atoms with Gasteiger partial charge in [0.05, 0.1) is 17.7 Å². The van der Waals surface area contributed by atoms with Crippen molar-refractivity contribution in [3.63, 3.8) is 0 Å².